The van der Waals surface area contributed by atoms with Crippen LogP contribution in [-0.2, 0) is 41.2 Å². The van der Waals surface area contributed by atoms with Gasteiger partial charge in [-0.3, -0.25) is 0 Å². The van der Waals surface area contributed by atoms with Crippen LogP contribution >= 0.6 is 0 Å². The molecule has 5 fully saturated rings. The number of hydrogen-bond acceptors (Lipinski definition) is 11. The second kappa shape index (κ2) is 17.2. The van der Waals surface area contributed by atoms with Crippen LogP contribution < -0.4 is 0 Å². The number of fused-ring (bicyclic) bond motifs is 4. The van der Waals surface area contributed by atoms with Gasteiger partial charge < -0.3 is 45.9 Å². The van der Waals surface area contributed by atoms with Gasteiger partial charge in [0.05, 0.1) is 0 Å². The Bertz CT molecular complexity index is 1100. The Balaban J connectivity index is 2.58. The summed E-state index contributed by atoms with van der Waals surface area (Å²) < 4.78 is 74.5. The lowest BCUT2D eigenvalue weighted by molar-refractivity contribution is 0.0358. The van der Waals surface area contributed by atoms with Crippen molar-refractivity contribution >= 4 is 70.4 Å². The fourth-order valence-electron chi connectivity index (χ4n) is 7.35. The summed E-state index contributed by atoms with van der Waals surface area (Å²) in [6, 6.07) is 3.63. The van der Waals surface area contributed by atoms with Crippen molar-refractivity contribution in [3.05, 3.63) is 0 Å². The summed E-state index contributed by atoms with van der Waals surface area (Å²) in [5, 5.41) is 0. The van der Waals surface area contributed by atoms with E-state index in [0.29, 0.717) is 48.2 Å². The van der Waals surface area contributed by atoms with E-state index in [2.05, 4.69) is 103 Å². The van der Waals surface area contributed by atoms with Crippen LogP contribution in [0.15, 0.2) is 0 Å². The summed E-state index contributed by atoms with van der Waals surface area (Å²) in [5.41, 5.74) is 0. The SMILES string of the molecule is CC(C)C[Si]1O[Si](C)(C)O[Si]2(CC(C)C)O[Si](O)(CC(C)C)O[Si]3(CC(C)C)O[Si](CC(C)C)(O1)O[Si](C)(CC(C)C)O[Si](CC(C)C)(O2)O3. The molecule has 6 unspecified atom stereocenters. The van der Waals surface area contributed by atoms with Crippen LogP contribution in [0.5, 0.6) is 0 Å². The van der Waals surface area contributed by atoms with Crippen LogP contribution in [0.25, 0.3) is 0 Å². The van der Waals surface area contributed by atoms with E-state index in [1.165, 1.54) is 0 Å². The van der Waals surface area contributed by atoms with Crippen molar-refractivity contribution in [1.82, 2.24) is 0 Å². The van der Waals surface area contributed by atoms with Crippen molar-refractivity contribution in [3.63, 3.8) is 0 Å². The van der Waals surface area contributed by atoms with Gasteiger partial charge in [-0.25, -0.2) is 0 Å². The van der Waals surface area contributed by atoms with Crippen molar-refractivity contribution in [2.45, 2.75) is 159 Å². The summed E-state index contributed by atoms with van der Waals surface area (Å²) >= 11 is 0. The highest BCUT2D eigenvalue weighted by atomic mass is 28.6. The second-order valence-electron chi connectivity index (χ2n) is 18.6. The average Bonchev–Trinajstić information content (AvgIpc) is 2.75. The molecule has 5 aliphatic rings. The topological polar surface area (TPSA) is 113 Å². The van der Waals surface area contributed by atoms with Crippen molar-refractivity contribution in [2.75, 3.05) is 0 Å². The fourth-order valence-corrected chi connectivity index (χ4v) is 50.6. The minimum absolute atomic E-state index is 0.0617. The number of hydrogen-bond donors (Lipinski definition) is 1. The average molecular weight is 847 g/mol. The van der Waals surface area contributed by atoms with Crippen molar-refractivity contribution in [1.29, 1.82) is 0 Å². The fraction of sp³-hybridized carbons (Fsp3) is 1.00. The zero-order valence-corrected chi connectivity index (χ0v) is 42.5. The lowest BCUT2D eigenvalue weighted by atomic mass is 10.3. The first-order valence-electron chi connectivity index (χ1n) is 19.2. The molecule has 5 rings (SSSR count). The smallest absolute Gasteiger partial charge is 0.415 e. The molecule has 0 aromatic carbocycles. The summed E-state index contributed by atoms with van der Waals surface area (Å²) in [6.45, 7) is 36.3. The normalized spacial score (nSPS) is 37.4. The zero-order chi connectivity index (χ0) is 38.1. The van der Waals surface area contributed by atoms with Crippen molar-refractivity contribution in [2.24, 2.45) is 41.4 Å². The molecule has 0 aromatic rings. The van der Waals surface area contributed by atoms with Gasteiger partial charge in [-0.2, -0.15) is 0 Å². The summed E-state index contributed by atoms with van der Waals surface area (Å²) in [4.78, 5) is 12.9. The molecule has 0 aliphatic carbocycles. The molecule has 19 heteroatoms. The largest absolute Gasteiger partial charge is 0.483 e. The third-order valence-electron chi connectivity index (χ3n) is 7.99. The van der Waals surface area contributed by atoms with Crippen molar-refractivity contribution < 1.29 is 45.9 Å². The standard InChI is InChI=1S/C31H73O11Si8/c1-25(2)18-43-33-44(15,16)35-48(22-29(9)10)38-46(32,20-27(5)6)39-50(24-31(13)14)40-47(34-43,21-28(7)8)36-45(17,19-26(3)4)37-49(41-48,42-50)23-30(11)12/h25-32H,18-24H2,1-17H3. The van der Waals surface area contributed by atoms with Gasteiger partial charge in [0, 0.05) is 30.2 Å². The van der Waals surface area contributed by atoms with Crippen LogP contribution in [0.3, 0.4) is 0 Å². The summed E-state index contributed by atoms with van der Waals surface area (Å²) in [7, 11) is -27.9. The first kappa shape index (κ1) is 45.7. The third kappa shape index (κ3) is 13.2. The van der Waals surface area contributed by atoms with Gasteiger partial charge in [-0.1, -0.05) is 96.9 Å². The van der Waals surface area contributed by atoms with E-state index in [0.717, 1.165) is 0 Å². The molecule has 1 radical (unpaired) electrons. The third-order valence-corrected chi connectivity index (χ3v) is 44.0. The van der Waals surface area contributed by atoms with E-state index in [1.807, 2.05) is 13.1 Å². The molecule has 0 spiro atoms. The molecule has 0 amide bonds. The molecule has 295 valence electrons. The maximum atomic E-state index is 12.9. The molecule has 11 nitrogen and oxygen atoms in total. The number of rotatable bonds is 14. The zero-order valence-electron chi connectivity index (χ0n) is 34.5. The van der Waals surface area contributed by atoms with Gasteiger partial charge >= 0.3 is 70.4 Å². The van der Waals surface area contributed by atoms with E-state index < -0.39 is 70.4 Å². The van der Waals surface area contributed by atoms with Crippen molar-refractivity contribution in [3.8, 4) is 0 Å². The molecule has 5 aliphatic heterocycles. The van der Waals surface area contributed by atoms with E-state index >= 15 is 0 Å². The maximum Gasteiger partial charge on any atom is 0.483 e. The monoisotopic (exact) mass is 845 g/mol. The predicted molar refractivity (Wildman–Crippen MR) is 214 cm³/mol. The van der Waals surface area contributed by atoms with Gasteiger partial charge in [-0.15, -0.1) is 0 Å². The minimum Gasteiger partial charge on any atom is -0.415 e. The first-order chi connectivity index (χ1) is 22.7. The Morgan fingerprint density at radius 3 is 1.18 bits per heavy atom. The van der Waals surface area contributed by atoms with Gasteiger partial charge in [0.2, 0.25) is 0 Å². The predicted octanol–water partition coefficient (Wildman–Crippen LogP) is 8.73. The van der Waals surface area contributed by atoms with Crippen LogP contribution in [0.1, 0.15) is 96.9 Å². The molecule has 5 saturated heterocycles. The van der Waals surface area contributed by atoms with E-state index in [-0.39, 0.29) is 35.5 Å². The van der Waals surface area contributed by atoms with E-state index in [1.54, 1.807) is 0 Å². The van der Waals surface area contributed by atoms with Gasteiger partial charge in [0.15, 0.2) is 0 Å². The first-order valence-corrected chi connectivity index (χ1v) is 35.8. The van der Waals surface area contributed by atoms with Crippen LogP contribution in [-0.4, -0.2) is 75.2 Å². The van der Waals surface area contributed by atoms with Crippen LogP contribution in [0.4, 0.5) is 0 Å². The minimum atomic E-state index is -4.12. The molecule has 5 heterocycles. The lowest BCUT2D eigenvalue weighted by Gasteiger charge is -2.57. The highest BCUT2D eigenvalue weighted by Crippen LogP contribution is 2.48. The van der Waals surface area contributed by atoms with E-state index in [9.17, 15) is 4.80 Å². The molecular formula is C31H73O11Si8. The highest BCUT2D eigenvalue weighted by molar-refractivity contribution is 6.98. The van der Waals surface area contributed by atoms with Crippen LogP contribution in [0.2, 0.25) is 61.9 Å². The van der Waals surface area contributed by atoms with Gasteiger partial charge in [-0.05, 0) is 73.2 Å². The quantitative estimate of drug-likeness (QED) is 0.170. The van der Waals surface area contributed by atoms with Crippen LogP contribution in [0, 0.1) is 41.4 Å². The molecule has 0 aromatic heterocycles. The Labute approximate surface area is 315 Å². The highest BCUT2D eigenvalue weighted by Gasteiger charge is 2.74. The van der Waals surface area contributed by atoms with E-state index in [4.69, 9.17) is 41.2 Å². The Kier molecular flexibility index (Phi) is 15.7. The van der Waals surface area contributed by atoms with Gasteiger partial charge in [0.1, 0.15) is 0 Å². The summed E-state index contributed by atoms with van der Waals surface area (Å²) in [5.74, 6) is 1.15. The molecular weight excluding hydrogens is 773 g/mol. The van der Waals surface area contributed by atoms with Gasteiger partial charge in [0.25, 0.3) is 0 Å². The molecule has 6 atom stereocenters. The summed E-state index contributed by atoms with van der Waals surface area (Å²) in [6.07, 6.45) is 0. The Morgan fingerprint density at radius 2 is 0.760 bits per heavy atom. The molecule has 1 N–H and O–H groups in total. The Morgan fingerprint density at radius 1 is 0.400 bits per heavy atom. The second-order valence-corrected chi connectivity index (χ2v) is 42.3. The maximum absolute atomic E-state index is 12.9. The Hall–Kier alpha value is 1.30. The lowest BCUT2D eigenvalue weighted by Crippen LogP contribution is -2.80. The molecule has 0 saturated carbocycles. The molecule has 50 heavy (non-hydrogen) atoms. The molecule has 4 bridgehead atoms.